The van der Waals surface area contributed by atoms with Gasteiger partial charge in [-0.25, -0.2) is 18.3 Å². The van der Waals surface area contributed by atoms with Crippen molar-refractivity contribution in [2.24, 2.45) is 0 Å². The van der Waals surface area contributed by atoms with Crippen LogP contribution >= 0.6 is 68.9 Å². The number of fused-ring (bicyclic) bond motifs is 10. The van der Waals surface area contributed by atoms with Gasteiger partial charge in [0, 0.05) is 70.8 Å². The normalized spacial score (nSPS) is 14.3. The van der Waals surface area contributed by atoms with Crippen molar-refractivity contribution in [3.63, 3.8) is 0 Å². The zero-order chi connectivity index (χ0) is 80.9. The number of rotatable bonds is 35. The molecule has 0 aliphatic carbocycles. The highest BCUT2D eigenvalue weighted by molar-refractivity contribution is 8.04. The van der Waals surface area contributed by atoms with Crippen LogP contribution in [-0.4, -0.2) is 138 Å². The van der Waals surface area contributed by atoms with Crippen LogP contribution in [0, 0.1) is 0 Å². The second kappa shape index (κ2) is 38.6. The van der Waals surface area contributed by atoms with E-state index in [9.17, 15) is 51.9 Å². The molecule has 2 aliphatic rings. The van der Waals surface area contributed by atoms with Gasteiger partial charge in [-0.1, -0.05) is 109 Å². The Bertz CT molecular complexity index is 5690. The van der Waals surface area contributed by atoms with Crippen LogP contribution in [0.4, 0.5) is 11.4 Å². The monoisotopic (exact) mass is 1740 g/mol. The summed E-state index contributed by atoms with van der Waals surface area (Å²) in [7, 11) is -13.0. The predicted octanol–water partition coefficient (Wildman–Crippen LogP) is 15.4. The molecular weight excluding hydrogens is 1650 g/mol. The average Bonchev–Trinajstić information content (AvgIpc) is 1.60. The molecule has 6 aromatic carbocycles. The fourth-order valence-electron chi connectivity index (χ4n) is 13.9. The second-order valence-electron chi connectivity index (χ2n) is 26.9. The van der Waals surface area contributed by atoms with Gasteiger partial charge in [-0.3, -0.25) is 18.2 Å². The minimum atomic E-state index is -4.09. The molecule has 0 fully saturated rings. The van der Waals surface area contributed by atoms with Crippen molar-refractivity contribution in [3.05, 3.63) is 188 Å². The summed E-state index contributed by atoms with van der Waals surface area (Å²) in [6.45, 7) is 16.4. The maximum Gasteiger partial charge on any atom is 0.265 e. The molecule has 0 unspecified atom stereocenters. The highest BCUT2D eigenvalue weighted by atomic mass is 32.2. The van der Waals surface area contributed by atoms with E-state index in [4.69, 9.17) is 18.9 Å². The lowest BCUT2D eigenvalue weighted by atomic mass is 10.2. The third-order valence-corrected chi connectivity index (χ3v) is 28.7. The zero-order valence-electron chi connectivity index (χ0n) is 64.1. The first-order chi connectivity index (χ1) is 54.8. The number of thiophene rings is 2. The lowest BCUT2D eigenvalue weighted by Crippen LogP contribution is -2.36. The molecule has 4 N–H and O–H groups in total. The maximum atomic E-state index is 11.5. The number of thiazole rings is 2. The fourth-order valence-corrected chi connectivity index (χ4v) is 22.6. The van der Waals surface area contributed by atoms with E-state index in [-0.39, 0.29) is 48.7 Å². The number of aromatic nitrogens is 6. The number of ether oxygens (including phenoxy) is 4. The summed E-state index contributed by atoms with van der Waals surface area (Å²) in [5.74, 6) is 0.265. The number of aryl methyl sites for hydroxylation is 4. The largest absolute Gasteiger partial charge is 0.496 e. The van der Waals surface area contributed by atoms with E-state index in [1.54, 1.807) is 83.1 Å². The molecule has 114 heavy (non-hydrogen) atoms. The Morgan fingerprint density at radius 1 is 0.465 bits per heavy atom. The van der Waals surface area contributed by atoms with Crippen LogP contribution in [0.25, 0.3) is 74.8 Å². The third kappa shape index (κ3) is 21.6. The van der Waals surface area contributed by atoms with Gasteiger partial charge in [0.1, 0.15) is 43.4 Å². The summed E-state index contributed by atoms with van der Waals surface area (Å²) in [5, 5.41) is 9.80. The molecular formula is C80H94N8O16S10+4. The lowest BCUT2D eigenvalue weighted by Gasteiger charge is -2.20. The molecule has 0 saturated heterocycles. The molecule has 0 bridgehead atoms. The number of nitrogens with zero attached hydrogens (tertiary/aromatic N) is 8. The number of methoxy groups -OCH3 is 2. The van der Waals surface area contributed by atoms with Crippen LogP contribution in [0.3, 0.4) is 0 Å². The Morgan fingerprint density at radius 2 is 0.842 bits per heavy atom. The molecule has 606 valence electrons. The first-order valence-corrected chi connectivity index (χ1v) is 48.9. The number of thioether (sulfide) groups is 2. The predicted molar refractivity (Wildman–Crippen MR) is 461 cm³/mol. The number of anilines is 2. The number of allylic oxidation sites excluding steroid dienone is 4. The first-order valence-electron chi connectivity index (χ1n) is 37.4. The standard InChI is InChI=1S/2C28H30N2O7S5.C24H32N4O2/c2*1-3-19(16-25-29(11-6-14-41(31,32)33)21-8-4-5-9-23(21)39-25)17-26-30(12-7-15-42(34,35)36)27-24(40-26)18-22(37-2)20-10-13-38-28(20)27;1-3-25-19-27(23-11-7-5-9-21(23)25)13-15-29-17-18-30-16-14-28-20-26(4-2)22-10-6-8-12-24(22)28/h2*4-5,8-10,13,16-18H,3,6-7,11-12,14-15H2,1-2H3,(H-,31,32,33,34,35,36);5-12,19-20H,3-4,13-18H2,1-2H3/q;;+2/p+2. The Balaban J connectivity index is 0.000000161. The molecule has 6 aromatic heterocycles. The van der Waals surface area contributed by atoms with Crippen LogP contribution in [0.15, 0.2) is 188 Å². The van der Waals surface area contributed by atoms with Crippen LogP contribution < -0.4 is 37.5 Å². The molecule has 24 nitrogen and oxygen atoms in total. The van der Waals surface area contributed by atoms with E-state index < -0.39 is 40.5 Å². The van der Waals surface area contributed by atoms with E-state index in [0.717, 1.165) is 144 Å². The minimum absolute atomic E-state index is 0.254. The topological polar surface area (TPSA) is 286 Å². The number of hydrogen-bond acceptors (Lipinski definition) is 20. The van der Waals surface area contributed by atoms with Gasteiger partial charge in [-0.2, -0.15) is 42.8 Å². The SMILES string of the molecule is CCC(/C=C1\Sc2ccccc2N1CCCS(=O)(=O)O)=C\c1sc2cc(OC)c3ccsc3c2[n+]1CCCS(=O)(=O)O.CCC(/C=C1\Sc2ccccc2N1CCCS(=O)(=O)O)=C\c1sc2cc(OC)c3ccsc3c2[n+]1CCCS(=O)(=O)O.CCn1c[n+](CCOCCOCC[n+]2cn(CC)c3ccccc32)c2ccccc21. The smallest absolute Gasteiger partial charge is 0.265 e. The number of hydrogen-bond donors (Lipinski definition) is 4. The number of imidazole rings is 2. The minimum Gasteiger partial charge on any atom is -0.496 e. The Hall–Kier alpha value is -7.62. The van der Waals surface area contributed by atoms with Gasteiger partial charge in [0.15, 0.2) is 35.2 Å². The molecule has 0 atom stereocenters. The van der Waals surface area contributed by atoms with Crippen molar-refractivity contribution in [2.75, 3.05) is 86.5 Å². The van der Waals surface area contributed by atoms with E-state index in [0.29, 0.717) is 52.6 Å². The Labute approximate surface area is 689 Å². The van der Waals surface area contributed by atoms with Gasteiger partial charge < -0.3 is 28.7 Å². The lowest BCUT2D eigenvalue weighted by molar-refractivity contribution is -0.674. The average molecular weight is 1740 g/mol. The molecule has 0 spiro atoms. The summed E-state index contributed by atoms with van der Waals surface area (Å²) in [5.41, 5.74) is 11.1. The molecule has 0 amide bonds. The van der Waals surface area contributed by atoms with Crippen LogP contribution in [0.5, 0.6) is 11.5 Å². The zero-order valence-corrected chi connectivity index (χ0v) is 72.2. The van der Waals surface area contributed by atoms with Gasteiger partial charge in [0.25, 0.3) is 50.5 Å². The summed E-state index contributed by atoms with van der Waals surface area (Å²) in [4.78, 5) is 6.31. The van der Waals surface area contributed by atoms with Crippen molar-refractivity contribution in [1.82, 2.24) is 9.13 Å². The third-order valence-electron chi connectivity index (χ3n) is 19.2. The highest BCUT2D eigenvalue weighted by Gasteiger charge is 2.31. The van der Waals surface area contributed by atoms with Crippen molar-refractivity contribution >= 4 is 196 Å². The van der Waals surface area contributed by atoms with Crippen molar-refractivity contribution in [3.8, 4) is 11.5 Å². The molecule has 2 aliphatic heterocycles. The number of benzene rings is 6. The number of para-hydroxylation sites is 6. The van der Waals surface area contributed by atoms with Gasteiger partial charge >= 0.3 is 0 Å². The highest BCUT2D eigenvalue weighted by Crippen LogP contribution is 2.49. The maximum absolute atomic E-state index is 11.5. The van der Waals surface area contributed by atoms with Gasteiger partial charge in [0.2, 0.25) is 23.7 Å². The van der Waals surface area contributed by atoms with Crippen LogP contribution in [0.1, 0.15) is 76.2 Å². The molecule has 14 rings (SSSR count). The molecule has 12 aromatic rings. The van der Waals surface area contributed by atoms with Crippen molar-refractivity contribution in [1.29, 1.82) is 0 Å². The van der Waals surface area contributed by atoms with E-state index >= 15 is 0 Å². The van der Waals surface area contributed by atoms with E-state index in [1.165, 1.54) is 22.1 Å². The summed E-state index contributed by atoms with van der Waals surface area (Å²) >= 11 is 9.61. The second-order valence-corrected chi connectivity index (χ2v) is 39.2. The molecule has 0 radical (unpaired) electrons. The summed E-state index contributed by atoms with van der Waals surface area (Å²) in [6.07, 6.45) is 15.3. The Kier molecular flexibility index (Phi) is 29.1. The van der Waals surface area contributed by atoms with Gasteiger partial charge in [-0.15, -0.1) is 22.7 Å². The van der Waals surface area contributed by atoms with E-state index in [2.05, 4.69) is 150 Å². The van der Waals surface area contributed by atoms with Crippen molar-refractivity contribution < 1.29 is 89.1 Å². The van der Waals surface area contributed by atoms with Crippen LogP contribution in [0.2, 0.25) is 0 Å². The molecule has 8 heterocycles. The molecule has 34 heteroatoms. The van der Waals surface area contributed by atoms with Gasteiger partial charge in [0.05, 0.1) is 98.2 Å². The summed E-state index contributed by atoms with van der Waals surface area (Å²) in [6, 6.07) is 40.9. The van der Waals surface area contributed by atoms with Gasteiger partial charge in [-0.05, 0) is 134 Å². The first kappa shape index (κ1) is 85.7. The Morgan fingerprint density at radius 3 is 1.22 bits per heavy atom. The quantitative estimate of drug-likeness (QED) is 0.0163. The van der Waals surface area contributed by atoms with E-state index in [1.807, 2.05) is 83.6 Å². The molecule has 0 saturated carbocycles. The van der Waals surface area contributed by atoms with Crippen molar-refractivity contribution in [2.45, 2.75) is 115 Å². The fraction of sp³-hybridized carbons (Fsp3) is 0.350. The summed E-state index contributed by atoms with van der Waals surface area (Å²) < 4.78 is 169. The van der Waals surface area contributed by atoms with Crippen LogP contribution in [-0.2, 0) is 89.2 Å².